The Bertz CT molecular complexity index is 900. The van der Waals surface area contributed by atoms with Crippen molar-refractivity contribution in [3.63, 3.8) is 0 Å². The Kier molecular flexibility index (Phi) is 6.59. The van der Waals surface area contributed by atoms with Crippen LogP contribution in [0.1, 0.15) is 42.7 Å². The highest BCUT2D eigenvalue weighted by molar-refractivity contribution is 7.16. The molecule has 29 heavy (non-hydrogen) atoms. The van der Waals surface area contributed by atoms with Crippen molar-refractivity contribution in [3.8, 4) is 21.6 Å². The molecule has 1 heterocycles. The predicted octanol–water partition coefficient (Wildman–Crippen LogP) is 7.22. The van der Waals surface area contributed by atoms with Crippen molar-refractivity contribution >= 4 is 17.3 Å². The predicted molar refractivity (Wildman–Crippen MR) is 123 cm³/mol. The van der Waals surface area contributed by atoms with Gasteiger partial charge >= 0.3 is 5.97 Å². The lowest BCUT2D eigenvalue weighted by molar-refractivity contribution is -0.143. The summed E-state index contributed by atoms with van der Waals surface area (Å²) < 4.78 is 4.86. The second kappa shape index (κ2) is 8.96. The molecule has 0 fully saturated rings. The molecule has 0 unspecified atom stereocenters. The number of methoxy groups -OCH3 is 1. The molecule has 2 aromatic carbocycles. The molecule has 2 nitrogen and oxygen atoms in total. The van der Waals surface area contributed by atoms with Crippen molar-refractivity contribution in [1.29, 1.82) is 0 Å². The Morgan fingerprint density at radius 2 is 1.48 bits per heavy atom. The molecule has 3 rings (SSSR count). The summed E-state index contributed by atoms with van der Waals surface area (Å²) in [7, 11) is 1.46. The normalized spacial score (nSPS) is 11.5. The molecule has 0 amide bonds. The molecule has 0 radical (unpaired) electrons. The van der Waals surface area contributed by atoms with E-state index in [2.05, 4.69) is 82.3 Å². The Balaban J connectivity index is 1.91. The molecule has 0 spiro atoms. The Hall–Kier alpha value is -2.39. The maximum Gasteiger partial charge on any atom is 0.306 e. The van der Waals surface area contributed by atoms with Crippen LogP contribution in [0.2, 0.25) is 0 Å². The number of thiophene rings is 1. The van der Waals surface area contributed by atoms with Gasteiger partial charge in [0.15, 0.2) is 0 Å². The zero-order valence-electron chi connectivity index (χ0n) is 18.0. The van der Waals surface area contributed by atoms with Gasteiger partial charge in [0.2, 0.25) is 0 Å². The van der Waals surface area contributed by atoms with E-state index in [0.29, 0.717) is 6.42 Å². The van der Waals surface area contributed by atoms with Gasteiger partial charge in [0.1, 0.15) is 0 Å². The van der Waals surface area contributed by atoms with Crippen LogP contribution in [0.15, 0.2) is 54.6 Å². The summed E-state index contributed by atoms with van der Waals surface area (Å²) in [6, 6.07) is 19.9. The highest BCUT2D eigenvalue weighted by Crippen LogP contribution is 2.41. The fourth-order valence-electron chi connectivity index (χ4n) is 3.45. The Labute approximate surface area is 178 Å². The number of rotatable bonds is 7. The first-order valence-corrected chi connectivity index (χ1v) is 10.9. The third-order valence-corrected chi connectivity index (χ3v) is 6.60. The molecular formula is C26H30O2S. The molecule has 0 N–H and O–H groups in total. The molecule has 0 aliphatic rings. The van der Waals surface area contributed by atoms with Crippen LogP contribution in [0.25, 0.3) is 21.6 Å². The van der Waals surface area contributed by atoms with E-state index in [1.807, 2.05) is 11.3 Å². The Morgan fingerprint density at radius 1 is 0.931 bits per heavy atom. The van der Waals surface area contributed by atoms with Crippen LogP contribution in [0.4, 0.5) is 0 Å². The zero-order chi connectivity index (χ0) is 21.0. The van der Waals surface area contributed by atoms with Gasteiger partial charge < -0.3 is 4.74 Å². The van der Waals surface area contributed by atoms with Gasteiger partial charge in [0, 0.05) is 15.3 Å². The average Bonchev–Trinajstić information content (AvgIpc) is 3.11. The summed E-state index contributed by atoms with van der Waals surface area (Å²) in [5.41, 5.74) is 6.27. The number of aryl methyl sites for hydroxylation is 3. The quantitative estimate of drug-likeness (QED) is 0.387. The first-order chi connectivity index (χ1) is 13.8. The van der Waals surface area contributed by atoms with Crippen LogP contribution in [-0.2, 0) is 16.0 Å². The van der Waals surface area contributed by atoms with E-state index in [-0.39, 0.29) is 11.4 Å². The highest BCUT2D eigenvalue weighted by atomic mass is 32.1. The number of esters is 1. The number of ether oxygens (including phenoxy) is 1. The first kappa shape index (κ1) is 21.3. The zero-order valence-corrected chi connectivity index (χ0v) is 18.9. The van der Waals surface area contributed by atoms with Gasteiger partial charge in [-0.15, -0.1) is 11.3 Å². The van der Waals surface area contributed by atoms with Crippen molar-refractivity contribution < 1.29 is 9.53 Å². The van der Waals surface area contributed by atoms with E-state index in [4.69, 9.17) is 4.74 Å². The first-order valence-electron chi connectivity index (χ1n) is 10.1. The number of benzene rings is 2. The average molecular weight is 407 g/mol. The van der Waals surface area contributed by atoms with E-state index in [1.165, 1.54) is 44.7 Å². The number of hydrogen-bond donors (Lipinski definition) is 0. The van der Waals surface area contributed by atoms with E-state index in [0.717, 1.165) is 12.8 Å². The fraction of sp³-hybridized carbons (Fsp3) is 0.346. The van der Waals surface area contributed by atoms with Crippen molar-refractivity contribution in [2.75, 3.05) is 7.11 Å². The van der Waals surface area contributed by atoms with Gasteiger partial charge in [0.05, 0.1) is 13.5 Å². The van der Waals surface area contributed by atoms with Crippen LogP contribution in [0.5, 0.6) is 0 Å². The molecule has 3 heteroatoms. The van der Waals surface area contributed by atoms with Crippen molar-refractivity contribution in [2.24, 2.45) is 5.41 Å². The van der Waals surface area contributed by atoms with E-state index >= 15 is 0 Å². The summed E-state index contributed by atoms with van der Waals surface area (Å²) >= 11 is 1.87. The molecule has 0 saturated carbocycles. The van der Waals surface area contributed by atoms with Crippen LogP contribution < -0.4 is 0 Å². The Morgan fingerprint density at radius 3 is 2.03 bits per heavy atom. The maximum absolute atomic E-state index is 11.7. The summed E-state index contributed by atoms with van der Waals surface area (Å²) in [6.45, 7) is 8.51. The fourth-order valence-corrected chi connectivity index (χ4v) is 4.63. The standard InChI is InChI=1S/C26H30O2S/c1-18-6-10-20(11-7-18)23-16-22(14-15-26(3,4)17-24(27)28-5)29-25(23)21-12-8-19(2)9-13-21/h6-13,16H,14-15,17H2,1-5H3. The summed E-state index contributed by atoms with van der Waals surface area (Å²) in [4.78, 5) is 14.4. The summed E-state index contributed by atoms with van der Waals surface area (Å²) in [5, 5.41) is 0. The third kappa shape index (κ3) is 5.57. The topological polar surface area (TPSA) is 26.3 Å². The van der Waals surface area contributed by atoms with Gasteiger partial charge in [-0.2, -0.15) is 0 Å². The van der Waals surface area contributed by atoms with Crippen LogP contribution in [0, 0.1) is 19.3 Å². The van der Waals surface area contributed by atoms with E-state index in [9.17, 15) is 4.79 Å². The molecular weight excluding hydrogens is 376 g/mol. The summed E-state index contributed by atoms with van der Waals surface area (Å²) in [5.74, 6) is -0.137. The second-order valence-corrected chi connectivity index (χ2v) is 9.74. The number of hydrogen-bond acceptors (Lipinski definition) is 3. The maximum atomic E-state index is 11.7. The van der Waals surface area contributed by atoms with E-state index in [1.54, 1.807) is 0 Å². The monoisotopic (exact) mass is 406 g/mol. The minimum atomic E-state index is -0.137. The number of carbonyl (C=O) groups is 1. The highest BCUT2D eigenvalue weighted by Gasteiger charge is 2.23. The molecule has 1 aromatic heterocycles. The summed E-state index contributed by atoms with van der Waals surface area (Å²) in [6.07, 6.45) is 2.35. The van der Waals surface area contributed by atoms with Crippen molar-refractivity contribution in [2.45, 2.75) is 47.0 Å². The van der Waals surface area contributed by atoms with Crippen LogP contribution in [0.3, 0.4) is 0 Å². The minimum Gasteiger partial charge on any atom is -0.469 e. The lowest BCUT2D eigenvalue weighted by Crippen LogP contribution is -2.18. The lowest BCUT2D eigenvalue weighted by atomic mass is 9.84. The number of carbonyl (C=O) groups excluding carboxylic acids is 1. The van der Waals surface area contributed by atoms with Crippen molar-refractivity contribution in [3.05, 3.63) is 70.6 Å². The molecule has 0 atom stereocenters. The second-order valence-electron chi connectivity index (χ2n) is 8.60. The minimum absolute atomic E-state index is 0.0782. The molecule has 0 bridgehead atoms. The lowest BCUT2D eigenvalue weighted by Gasteiger charge is -2.22. The SMILES string of the molecule is COC(=O)CC(C)(C)CCc1cc(-c2ccc(C)cc2)c(-c2ccc(C)cc2)s1. The van der Waals surface area contributed by atoms with Gasteiger partial charge in [0.25, 0.3) is 0 Å². The van der Waals surface area contributed by atoms with Crippen LogP contribution >= 0.6 is 11.3 Å². The molecule has 0 aliphatic heterocycles. The van der Waals surface area contributed by atoms with Crippen LogP contribution in [-0.4, -0.2) is 13.1 Å². The van der Waals surface area contributed by atoms with Crippen molar-refractivity contribution in [1.82, 2.24) is 0 Å². The van der Waals surface area contributed by atoms with Gasteiger partial charge in [-0.05, 0) is 49.3 Å². The third-order valence-electron chi connectivity index (χ3n) is 5.36. The molecule has 152 valence electrons. The van der Waals surface area contributed by atoms with Gasteiger partial charge in [-0.25, -0.2) is 0 Å². The largest absolute Gasteiger partial charge is 0.469 e. The van der Waals surface area contributed by atoms with Gasteiger partial charge in [-0.3, -0.25) is 4.79 Å². The molecule has 0 saturated heterocycles. The molecule has 3 aromatic rings. The molecule has 0 aliphatic carbocycles. The smallest absolute Gasteiger partial charge is 0.306 e. The van der Waals surface area contributed by atoms with Gasteiger partial charge in [-0.1, -0.05) is 73.5 Å². The van der Waals surface area contributed by atoms with E-state index < -0.39 is 0 Å².